The highest BCUT2D eigenvalue weighted by Crippen LogP contribution is 2.49. The number of benzene rings is 1. The van der Waals surface area contributed by atoms with Crippen molar-refractivity contribution in [2.45, 2.75) is 87.5 Å². The van der Waals surface area contributed by atoms with Crippen molar-refractivity contribution in [1.29, 1.82) is 0 Å². The Kier molecular flexibility index (Phi) is 7.03. The van der Waals surface area contributed by atoms with Gasteiger partial charge in [0.15, 0.2) is 0 Å². The molecule has 4 atom stereocenters. The molecule has 3 aliphatic rings. The van der Waals surface area contributed by atoms with Crippen LogP contribution in [0.15, 0.2) is 30.3 Å². The molecular weight excluding hydrogens is 362 g/mol. The quantitative estimate of drug-likeness (QED) is 0.562. The Balaban J connectivity index is 1.28. The maximum absolute atomic E-state index is 13.1. The molecule has 1 aromatic carbocycles. The van der Waals surface area contributed by atoms with E-state index in [1.54, 1.807) is 0 Å². The fraction of sp³-hybridized carbons (Fsp3) is 0.720. The Labute approximate surface area is 175 Å². The second kappa shape index (κ2) is 9.69. The number of nitrogens with zero attached hydrogens (tertiary/aromatic N) is 1. The molecule has 1 aliphatic heterocycles. The van der Waals surface area contributed by atoms with Crippen LogP contribution in [-0.2, 0) is 4.79 Å². The van der Waals surface area contributed by atoms with Gasteiger partial charge in [-0.1, -0.05) is 62.4 Å². The molecule has 3 fully saturated rings. The van der Waals surface area contributed by atoms with Crippen molar-refractivity contribution < 1.29 is 4.79 Å². The van der Waals surface area contributed by atoms with Crippen LogP contribution in [0.1, 0.15) is 82.6 Å². The van der Waals surface area contributed by atoms with Gasteiger partial charge in [-0.25, -0.2) is 0 Å². The lowest BCUT2D eigenvalue weighted by molar-refractivity contribution is -0.132. The molecule has 2 nitrogen and oxygen atoms in total. The highest BCUT2D eigenvalue weighted by Gasteiger charge is 2.46. The number of rotatable bonds is 6. The predicted molar refractivity (Wildman–Crippen MR) is 120 cm³/mol. The Hall–Kier alpha value is -0.960. The van der Waals surface area contributed by atoms with E-state index in [0.717, 1.165) is 30.7 Å². The number of carbonyl (C=O) groups is 1. The average molecular weight is 400 g/mol. The van der Waals surface area contributed by atoms with Gasteiger partial charge in [-0.2, -0.15) is 11.8 Å². The largest absolute Gasteiger partial charge is 0.342 e. The molecule has 0 spiro atoms. The predicted octanol–water partition coefficient (Wildman–Crippen LogP) is 6.26. The summed E-state index contributed by atoms with van der Waals surface area (Å²) in [6, 6.07) is 10.6. The second-order valence-corrected chi connectivity index (χ2v) is 10.8. The van der Waals surface area contributed by atoms with Gasteiger partial charge in [0.25, 0.3) is 0 Å². The molecule has 2 aliphatic carbocycles. The first-order valence-corrected chi connectivity index (χ1v) is 12.7. The maximum Gasteiger partial charge on any atom is 0.226 e. The van der Waals surface area contributed by atoms with Gasteiger partial charge in [-0.05, 0) is 56.4 Å². The van der Waals surface area contributed by atoms with Crippen LogP contribution in [-0.4, -0.2) is 34.4 Å². The summed E-state index contributed by atoms with van der Waals surface area (Å²) in [6.45, 7) is 3.99. The summed E-state index contributed by atoms with van der Waals surface area (Å²) >= 11 is 2.23. The highest BCUT2D eigenvalue weighted by molar-refractivity contribution is 8.00. The number of hydrogen-bond acceptors (Lipinski definition) is 2. The number of amides is 1. The summed E-state index contributed by atoms with van der Waals surface area (Å²) in [5.74, 6) is 2.04. The minimum Gasteiger partial charge on any atom is -0.342 e. The van der Waals surface area contributed by atoms with Crippen molar-refractivity contribution in [2.75, 3.05) is 13.1 Å². The first-order chi connectivity index (χ1) is 13.8. The molecule has 1 amide bonds. The summed E-state index contributed by atoms with van der Waals surface area (Å²) in [6.07, 6.45) is 13.8. The monoisotopic (exact) mass is 399 g/mol. The first kappa shape index (κ1) is 20.3. The number of hydrogen-bond donors (Lipinski definition) is 0. The molecule has 0 radical (unpaired) electrons. The van der Waals surface area contributed by atoms with Crippen LogP contribution in [0.2, 0.25) is 0 Å². The van der Waals surface area contributed by atoms with Crippen LogP contribution in [0.5, 0.6) is 0 Å². The Bertz CT molecular complexity index is 625. The van der Waals surface area contributed by atoms with E-state index < -0.39 is 0 Å². The second-order valence-electron chi connectivity index (χ2n) is 9.22. The first-order valence-electron chi connectivity index (χ1n) is 11.8. The van der Waals surface area contributed by atoms with E-state index in [9.17, 15) is 4.79 Å². The molecule has 0 bridgehead atoms. The van der Waals surface area contributed by atoms with Crippen molar-refractivity contribution in [1.82, 2.24) is 4.90 Å². The zero-order valence-electron chi connectivity index (χ0n) is 17.5. The van der Waals surface area contributed by atoms with Gasteiger partial charge in [0.05, 0.1) is 0 Å². The standard InChI is InChI=1S/C25H37NOS/c1-2-26(25(27)23-17-22(23)19-11-9-6-10-12-19)18-21-15-16-24(28-21)20-13-7-4-3-5-8-14-20/h6,9-12,20-24H,2-5,7-8,13-18H2,1H3/t21?,22-,23+,24?/m1/s1. The Morgan fingerprint density at radius 3 is 2.43 bits per heavy atom. The normalized spacial score (nSPS) is 31.2. The Morgan fingerprint density at radius 1 is 1.00 bits per heavy atom. The van der Waals surface area contributed by atoms with Crippen molar-refractivity contribution in [2.24, 2.45) is 11.8 Å². The fourth-order valence-electron chi connectivity index (χ4n) is 5.47. The fourth-order valence-corrected chi connectivity index (χ4v) is 7.26. The molecule has 1 aromatic rings. The van der Waals surface area contributed by atoms with E-state index in [1.165, 1.54) is 63.4 Å². The van der Waals surface area contributed by atoms with Crippen LogP contribution in [0, 0.1) is 11.8 Å². The molecule has 3 heteroatoms. The van der Waals surface area contributed by atoms with E-state index in [1.807, 2.05) is 0 Å². The van der Waals surface area contributed by atoms with E-state index >= 15 is 0 Å². The minimum atomic E-state index is 0.232. The molecule has 2 saturated carbocycles. The summed E-state index contributed by atoms with van der Waals surface area (Å²) in [5, 5.41) is 1.52. The average Bonchev–Trinajstić information content (AvgIpc) is 3.37. The molecule has 0 N–H and O–H groups in total. The summed E-state index contributed by atoms with van der Waals surface area (Å²) in [7, 11) is 0. The third-order valence-electron chi connectivity index (χ3n) is 7.27. The highest BCUT2D eigenvalue weighted by atomic mass is 32.2. The molecule has 154 valence electrons. The summed E-state index contributed by atoms with van der Waals surface area (Å²) in [4.78, 5) is 15.3. The third-order valence-corrected chi connectivity index (χ3v) is 9.01. The van der Waals surface area contributed by atoms with Gasteiger partial charge in [-0.3, -0.25) is 4.79 Å². The van der Waals surface area contributed by atoms with Crippen LogP contribution in [0.3, 0.4) is 0 Å². The molecule has 4 rings (SSSR count). The van der Waals surface area contributed by atoms with Gasteiger partial charge in [0.2, 0.25) is 5.91 Å². The van der Waals surface area contributed by atoms with E-state index in [2.05, 4.69) is 53.9 Å². The maximum atomic E-state index is 13.1. The van der Waals surface area contributed by atoms with Crippen molar-refractivity contribution in [3.63, 3.8) is 0 Å². The lowest BCUT2D eigenvalue weighted by atomic mass is 9.87. The van der Waals surface area contributed by atoms with E-state index in [-0.39, 0.29) is 5.92 Å². The van der Waals surface area contributed by atoms with E-state index in [4.69, 9.17) is 0 Å². The molecular formula is C25H37NOS. The lowest BCUT2D eigenvalue weighted by Crippen LogP contribution is -2.37. The van der Waals surface area contributed by atoms with Crippen LogP contribution >= 0.6 is 11.8 Å². The topological polar surface area (TPSA) is 20.3 Å². The molecule has 28 heavy (non-hydrogen) atoms. The van der Waals surface area contributed by atoms with Crippen molar-refractivity contribution in [3.8, 4) is 0 Å². The number of thioether (sulfide) groups is 1. The SMILES string of the molecule is CCN(CC1CCC(C2CCCCCCC2)S1)C(=O)[C@H]1C[C@@H]1c1ccccc1. The van der Waals surface area contributed by atoms with Gasteiger partial charge in [0, 0.05) is 29.5 Å². The zero-order chi connectivity index (χ0) is 19.3. The molecule has 1 saturated heterocycles. The van der Waals surface area contributed by atoms with Gasteiger partial charge < -0.3 is 4.90 Å². The van der Waals surface area contributed by atoms with Gasteiger partial charge >= 0.3 is 0 Å². The lowest BCUT2D eigenvalue weighted by Gasteiger charge is -2.27. The zero-order valence-corrected chi connectivity index (χ0v) is 18.3. The molecule has 0 aromatic heterocycles. The smallest absolute Gasteiger partial charge is 0.226 e. The van der Waals surface area contributed by atoms with Crippen molar-refractivity contribution in [3.05, 3.63) is 35.9 Å². The Morgan fingerprint density at radius 2 is 1.71 bits per heavy atom. The summed E-state index contributed by atoms with van der Waals surface area (Å²) < 4.78 is 0. The molecule has 1 heterocycles. The van der Waals surface area contributed by atoms with Gasteiger partial charge in [0.1, 0.15) is 0 Å². The number of carbonyl (C=O) groups excluding carboxylic acids is 1. The van der Waals surface area contributed by atoms with Crippen LogP contribution < -0.4 is 0 Å². The van der Waals surface area contributed by atoms with Gasteiger partial charge in [-0.15, -0.1) is 0 Å². The van der Waals surface area contributed by atoms with Crippen molar-refractivity contribution >= 4 is 17.7 Å². The van der Waals surface area contributed by atoms with E-state index in [0.29, 0.717) is 17.1 Å². The molecule has 2 unspecified atom stereocenters. The van der Waals surface area contributed by atoms with Crippen LogP contribution in [0.25, 0.3) is 0 Å². The summed E-state index contributed by atoms with van der Waals surface area (Å²) in [5.41, 5.74) is 1.34. The minimum absolute atomic E-state index is 0.232. The van der Waals surface area contributed by atoms with Crippen LogP contribution in [0.4, 0.5) is 0 Å². The third kappa shape index (κ3) is 4.96.